The standard InChI is InChI=1S/C14H16/c1-4-12-7-5-10(2)13-8-6-11(3)14(13)9-12/h5-9H,4H2,1-3H3. The molecular formula is C14H16. The third-order valence-electron chi connectivity index (χ3n) is 2.93. The molecule has 0 aromatic rings. The number of hydrogen-bond acceptors (Lipinski definition) is 0. The SMILES string of the molecule is CCc1ccc(C)c2ccc(C)c-2c1. The lowest BCUT2D eigenvalue weighted by Gasteiger charge is -1.98. The summed E-state index contributed by atoms with van der Waals surface area (Å²) in [5, 5.41) is 0. The van der Waals surface area contributed by atoms with E-state index >= 15 is 0 Å². The van der Waals surface area contributed by atoms with E-state index in [1.807, 2.05) is 0 Å². The summed E-state index contributed by atoms with van der Waals surface area (Å²) in [6, 6.07) is 11.2. The van der Waals surface area contributed by atoms with Gasteiger partial charge in [-0.15, -0.1) is 0 Å². The number of rotatable bonds is 1. The molecule has 0 aliphatic heterocycles. The maximum atomic E-state index is 2.32. The van der Waals surface area contributed by atoms with Crippen LogP contribution in [0.2, 0.25) is 0 Å². The van der Waals surface area contributed by atoms with Gasteiger partial charge in [-0.05, 0) is 48.1 Å². The number of hydrogen-bond donors (Lipinski definition) is 0. The number of fused-ring (bicyclic) bond motifs is 1. The molecule has 14 heavy (non-hydrogen) atoms. The Morgan fingerprint density at radius 3 is 2.21 bits per heavy atom. The molecule has 0 nitrogen and oxygen atoms in total. The molecule has 0 heterocycles. The normalized spacial score (nSPS) is 10.8. The minimum absolute atomic E-state index is 1.10. The zero-order chi connectivity index (χ0) is 10.1. The van der Waals surface area contributed by atoms with Crippen molar-refractivity contribution >= 4 is 0 Å². The van der Waals surface area contributed by atoms with Gasteiger partial charge in [-0.2, -0.15) is 0 Å². The summed E-state index contributed by atoms with van der Waals surface area (Å²) < 4.78 is 0. The summed E-state index contributed by atoms with van der Waals surface area (Å²) >= 11 is 0. The van der Waals surface area contributed by atoms with E-state index in [-0.39, 0.29) is 0 Å². The van der Waals surface area contributed by atoms with Crippen molar-refractivity contribution in [2.75, 3.05) is 0 Å². The second kappa shape index (κ2) is 3.45. The molecule has 0 aromatic carbocycles. The maximum Gasteiger partial charge on any atom is -0.0149 e. The second-order valence-electron chi connectivity index (χ2n) is 3.93. The van der Waals surface area contributed by atoms with Gasteiger partial charge in [0.1, 0.15) is 0 Å². The molecule has 2 aliphatic rings. The summed E-state index contributed by atoms with van der Waals surface area (Å²) in [6.45, 7) is 6.57. The van der Waals surface area contributed by atoms with Crippen molar-refractivity contribution in [1.82, 2.24) is 0 Å². The van der Waals surface area contributed by atoms with Crippen LogP contribution in [0.3, 0.4) is 0 Å². The Morgan fingerprint density at radius 2 is 1.50 bits per heavy atom. The van der Waals surface area contributed by atoms with Crippen molar-refractivity contribution < 1.29 is 0 Å². The van der Waals surface area contributed by atoms with E-state index in [4.69, 9.17) is 0 Å². The lowest BCUT2D eigenvalue weighted by Crippen LogP contribution is -1.77. The van der Waals surface area contributed by atoms with Crippen LogP contribution in [0.25, 0.3) is 11.1 Å². The highest BCUT2D eigenvalue weighted by atomic mass is 14.1. The average molecular weight is 184 g/mol. The van der Waals surface area contributed by atoms with E-state index in [1.165, 1.54) is 27.8 Å². The molecule has 72 valence electrons. The van der Waals surface area contributed by atoms with Gasteiger partial charge in [-0.1, -0.05) is 37.3 Å². The molecule has 2 aliphatic carbocycles. The first-order valence-corrected chi connectivity index (χ1v) is 5.21. The summed E-state index contributed by atoms with van der Waals surface area (Å²) in [7, 11) is 0. The average Bonchev–Trinajstić information content (AvgIpc) is 2.45. The first kappa shape index (κ1) is 9.26. The lowest BCUT2D eigenvalue weighted by atomic mass is 10.1. The molecule has 0 aromatic heterocycles. The molecule has 0 spiro atoms. The van der Waals surface area contributed by atoms with Crippen molar-refractivity contribution in [1.29, 1.82) is 0 Å². The van der Waals surface area contributed by atoms with Crippen LogP contribution in [0.4, 0.5) is 0 Å². The number of aryl methyl sites for hydroxylation is 3. The van der Waals surface area contributed by atoms with Crippen LogP contribution in [0.15, 0.2) is 30.3 Å². The first-order valence-electron chi connectivity index (χ1n) is 5.21. The van der Waals surface area contributed by atoms with Crippen molar-refractivity contribution in [2.45, 2.75) is 27.2 Å². The van der Waals surface area contributed by atoms with E-state index in [0.717, 1.165) is 6.42 Å². The Labute approximate surface area is 85.9 Å². The van der Waals surface area contributed by atoms with Gasteiger partial charge in [0.25, 0.3) is 0 Å². The van der Waals surface area contributed by atoms with Gasteiger partial charge in [0.05, 0.1) is 0 Å². The van der Waals surface area contributed by atoms with Crippen LogP contribution in [-0.4, -0.2) is 0 Å². The van der Waals surface area contributed by atoms with Crippen molar-refractivity contribution in [2.24, 2.45) is 0 Å². The smallest absolute Gasteiger partial charge is 0.0149 e. The molecule has 0 atom stereocenters. The maximum absolute atomic E-state index is 2.32. The second-order valence-corrected chi connectivity index (χ2v) is 3.93. The topological polar surface area (TPSA) is 0 Å². The Morgan fingerprint density at radius 1 is 0.857 bits per heavy atom. The Balaban J connectivity index is 2.73. The van der Waals surface area contributed by atoms with Crippen molar-refractivity contribution in [3.8, 4) is 11.1 Å². The molecule has 0 saturated heterocycles. The predicted molar refractivity (Wildman–Crippen MR) is 61.9 cm³/mol. The molecule has 0 amide bonds. The summed E-state index contributed by atoms with van der Waals surface area (Å²) in [6.07, 6.45) is 1.10. The van der Waals surface area contributed by atoms with Gasteiger partial charge >= 0.3 is 0 Å². The molecule has 2 rings (SSSR count). The highest BCUT2D eigenvalue weighted by molar-refractivity contribution is 5.73. The zero-order valence-corrected chi connectivity index (χ0v) is 9.09. The molecule has 0 fully saturated rings. The van der Waals surface area contributed by atoms with Crippen LogP contribution < -0.4 is 0 Å². The monoisotopic (exact) mass is 184 g/mol. The summed E-state index contributed by atoms with van der Waals surface area (Å²) in [5.74, 6) is 0. The van der Waals surface area contributed by atoms with Gasteiger partial charge in [0.15, 0.2) is 0 Å². The third kappa shape index (κ3) is 1.41. The fraction of sp³-hybridized carbons (Fsp3) is 0.286. The van der Waals surface area contributed by atoms with Gasteiger partial charge in [0, 0.05) is 0 Å². The third-order valence-corrected chi connectivity index (χ3v) is 2.93. The van der Waals surface area contributed by atoms with Gasteiger partial charge in [-0.3, -0.25) is 0 Å². The van der Waals surface area contributed by atoms with E-state index in [0.29, 0.717) is 0 Å². The van der Waals surface area contributed by atoms with Crippen LogP contribution in [0.1, 0.15) is 23.6 Å². The highest BCUT2D eigenvalue weighted by Crippen LogP contribution is 2.30. The highest BCUT2D eigenvalue weighted by Gasteiger charge is 2.07. The zero-order valence-electron chi connectivity index (χ0n) is 9.09. The lowest BCUT2D eigenvalue weighted by molar-refractivity contribution is 1.15. The molecule has 0 heteroatoms. The minimum atomic E-state index is 1.10. The minimum Gasteiger partial charge on any atom is -0.0613 e. The van der Waals surface area contributed by atoms with Crippen LogP contribution in [0.5, 0.6) is 0 Å². The summed E-state index contributed by atoms with van der Waals surface area (Å²) in [5.41, 5.74) is 6.96. The molecule has 0 saturated carbocycles. The molecule has 0 radical (unpaired) electrons. The van der Waals surface area contributed by atoms with Crippen LogP contribution in [-0.2, 0) is 6.42 Å². The Bertz CT molecular complexity index is 427. The molecule has 0 N–H and O–H groups in total. The van der Waals surface area contributed by atoms with E-state index in [2.05, 4.69) is 51.1 Å². The van der Waals surface area contributed by atoms with Crippen LogP contribution >= 0.6 is 0 Å². The van der Waals surface area contributed by atoms with E-state index < -0.39 is 0 Å². The van der Waals surface area contributed by atoms with Crippen molar-refractivity contribution in [3.63, 3.8) is 0 Å². The quantitative estimate of drug-likeness (QED) is 0.629. The van der Waals surface area contributed by atoms with E-state index in [9.17, 15) is 0 Å². The van der Waals surface area contributed by atoms with Gasteiger partial charge in [-0.25, -0.2) is 0 Å². The molecule has 0 unspecified atom stereocenters. The fourth-order valence-corrected chi connectivity index (χ4v) is 1.91. The van der Waals surface area contributed by atoms with Gasteiger partial charge in [0.2, 0.25) is 0 Å². The van der Waals surface area contributed by atoms with E-state index in [1.54, 1.807) is 0 Å². The molecule has 0 bridgehead atoms. The fourth-order valence-electron chi connectivity index (χ4n) is 1.91. The Kier molecular flexibility index (Phi) is 2.28. The van der Waals surface area contributed by atoms with Crippen LogP contribution in [0, 0.1) is 13.8 Å². The molecular weight excluding hydrogens is 168 g/mol. The van der Waals surface area contributed by atoms with Crippen molar-refractivity contribution in [3.05, 3.63) is 47.0 Å². The first-order chi connectivity index (χ1) is 6.72. The predicted octanol–water partition coefficient (Wildman–Crippen LogP) is 3.97. The summed E-state index contributed by atoms with van der Waals surface area (Å²) in [4.78, 5) is 0. The van der Waals surface area contributed by atoms with Gasteiger partial charge < -0.3 is 0 Å². The Hall–Kier alpha value is -1.30. The largest absolute Gasteiger partial charge is 0.0613 e.